The number of aromatic nitrogens is 2. The van der Waals surface area contributed by atoms with Crippen molar-refractivity contribution in [3.05, 3.63) is 58.1 Å². The van der Waals surface area contributed by atoms with E-state index in [1.54, 1.807) is 6.26 Å². The average molecular weight is 416 g/mol. The molecule has 2 aromatic heterocycles. The van der Waals surface area contributed by atoms with Gasteiger partial charge in [0.1, 0.15) is 11.8 Å². The average Bonchev–Trinajstić information content (AvgIpc) is 3.19. The first-order valence-corrected chi connectivity index (χ1v) is 9.14. The number of halogens is 1. The summed E-state index contributed by atoms with van der Waals surface area (Å²) in [5.41, 5.74) is 2.95. The van der Waals surface area contributed by atoms with Gasteiger partial charge in [-0.3, -0.25) is 4.57 Å². The Morgan fingerprint density at radius 3 is 2.88 bits per heavy atom. The molecule has 1 aromatic carbocycles. The van der Waals surface area contributed by atoms with Crippen molar-refractivity contribution in [3.8, 4) is 0 Å². The summed E-state index contributed by atoms with van der Waals surface area (Å²) in [6.07, 6.45) is 1.39. The molecule has 4 rings (SSSR count). The molecule has 0 spiro atoms. The van der Waals surface area contributed by atoms with Crippen LogP contribution < -0.4 is 5.32 Å². The first kappa shape index (κ1) is 16.9. The summed E-state index contributed by atoms with van der Waals surface area (Å²) in [6.45, 7) is 5.52. The number of nitrogens with one attached hydrogen (secondary N) is 1. The van der Waals surface area contributed by atoms with Gasteiger partial charge in [-0.15, -0.1) is 0 Å². The first-order valence-electron chi connectivity index (χ1n) is 8.35. The van der Waals surface area contributed by atoms with Crippen molar-refractivity contribution >= 4 is 38.9 Å². The molecule has 0 saturated heterocycles. The molecule has 0 saturated carbocycles. The lowest BCUT2D eigenvalue weighted by atomic mass is 10.00. The van der Waals surface area contributed by atoms with Crippen LogP contribution in [0.1, 0.15) is 32.6 Å². The minimum Gasteiger partial charge on any atom is -0.467 e. The second kappa shape index (κ2) is 6.32. The van der Waals surface area contributed by atoms with E-state index in [1.165, 1.54) is 0 Å². The summed E-state index contributed by atoms with van der Waals surface area (Å²) in [5, 5.41) is 3.24. The predicted molar refractivity (Wildman–Crippen MR) is 102 cm³/mol. The molecule has 1 atom stereocenters. The molecule has 134 valence electrons. The molecule has 1 N–H and O–H groups in total. The maximum Gasteiger partial charge on any atom is 0.338 e. The molecule has 3 heterocycles. The van der Waals surface area contributed by atoms with E-state index in [1.807, 2.05) is 55.7 Å². The third-order valence-electron chi connectivity index (χ3n) is 4.26. The molecule has 0 amide bonds. The Labute approximate surface area is 159 Å². The van der Waals surface area contributed by atoms with Gasteiger partial charge in [0.2, 0.25) is 5.95 Å². The topological polar surface area (TPSA) is 69.3 Å². The van der Waals surface area contributed by atoms with Crippen LogP contribution in [-0.2, 0) is 9.53 Å². The Morgan fingerprint density at radius 2 is 2.19 bits per heavy atom. The van der Waals surface area contributed by atoms with Gasteiger partial charge >= 0.3 is 5.97 Å². The number of anilines is 1. The van der Waals surface area contributed by atoms with Crippen LogP contribution in [0, 0.1) is 0 Å². The molecular formula is C19H18BrN3O3. The van der Waals surface area contributed by atoms with Gasteiger partial charge in [0.25, 0.3) is 0 Å². The Hall–Kier alpha value is -2.54. The van der Waals surface area contributed by atoms with E-state index in [0.717, 1.165) is 15.5 Å². The SMILES string of the molecule is CC1=C(C(=O)OC(C)C)[C@H](c2ccco2)n2c(nc3cc(Br)ccc32)N1. The van der Waals surface area contributed by atoms with Gasteiger partial charge < -0.3 is 14.5 Å². The Bertz CT molecular complexity index is 1020. The zero-order valence-corrected chi connectivity index (χ0v) is 16.2. The van der Waals surface area contributed by atoms with Crippen LogP contribution in [0.5, 0.6) is 0 Å². The van der Waals surface area contributed by atoms with Gasteiger partial charge in [-0.1, -0.05) is 15.9 Å². The zero-order valence-electron chi connectivity index (χ0n) is 14.6. The van der Waals surface area contributed by atoms with E-state index in [2.05, 4.69) is 26.2 Å². The van der Waals surface area contributed by atoms with Gasteiger partial charge in [0.05, 0.1) is 29.0 Å². The van der Waals surface area contributed by atoms with Gasteiger partial charge in [0.15, 0.2) is 0 Å². The van der Waals surface area contributed by atoms with Gasteiger partial charge in [-0.25, -0.2) is 9.78 Å². The van der Waals surface area contributed by atoms with E-state index in [0.29, 0.717) is 23.0 Å². The summed E-state index contributed by atoms with van der Waals surface area (Å²) < 4.78 is 14.1. The predicted octanol–water partition coefficient (Wildman–Crippen LogP) is 4.63. The number of hydrogen-bond donors (Lipinski definition) is 1. The number of ether oxygens (including phenoxy) is 1. The highest BCUT2D eigenvalue weighted by Gasteiger charge is 2.36. The van der Waals surface area contributed by atoms with Crippen molar-refractivity contribution in [2.24, 2.45) is 0 Å². The second-order valence-electron chi connectivity index (χ2n) is 6.47. The number of hydrogen-bond acceptors (Lipinski definition) is 5. The third kappa shape index (κ3) is 2.72. The number of imidazole rings is 1. The molecule has 0 unspecified atom stereocenters. The molecular weight excluding hydrogens is 398 g/mol. The zero-order chi connectivity index (χ0) is 18.4. The highest BCUT2D eigenvalue weighted by Crippen LogP contribution is 2.40. The summed E-state index contributed by atoms with van der Waals surface area (Å²) in [5.74, 6) is 0.958. The lowest BCUT2D eigenvalue weighted by molar-refractivity contribution is -0.143. The Kier molecular flexibility index (Phi) is 4.11. The summed E-state index contributed by atoms with van der Waals surface area (Å²) >= 11 is 3.48. The van der Waals surface area contributed by atoms with Crippen molar-refractivity contribution in [3.63, 3.8) is 0 Å². The fourth-order valence-electron chi connectivity index (χ4n) is 3.25. The highest BCUT2D eigenvalue weighted by atomic mass is 79.9. The molecule has 0 aliphatic carbocycles. The van der Waals surface area contributed by atoms with Crippen LogP contribution >= 0.6 is 15.9 Å². The number of carbonyl (C=O) groups excluding carboxylic acids is 1. The molecule has 3 aromatic rings. The molecule has 0 bridgehead atoms. The number of fused-ring (bicyclic) bond motifs is 3. The minimum atomic E-state index is -0.446. The Morgan fingerprint density at radius 1 is 1.38 bits per heavy atom. The lowest BCUT2D eigenvalue weighted by Gasteiger charge is -2.29. The van der Waals surface area contributed by atoms with E-state index < -0.39 is 6.04 Å². The molecule has 0 radical (unpaired) electrons. The standard InChI is InChI=1S/C19H18BrN3O3/c1-10(2)26-18(24)16-11(3)21-19-22-13-9-12(20)6-7-14(13)23(19)17(16)15-5-4-8-25-15/h4-10,17H,1-3H3,(H,21,22)/t17-/m0/s1. The smallest absolute Gasteiger partial charge is 0.338 e. The number of furan rings is 1. The van der Waals surface area contributed by atoms with Crippen LogP contribution in [0.4, 0.5) is 5.95 Å². The number of esters is 1. The monoisotopic (exact) mass is 415 g/mol. The lowest BCUT2D eigenvalue weighted by Crippen LogP contribution is -2.29. The van der Waals surface area contributed by atoms with Crippen LogP contribution in [0.3, 0.4) is 0 Å². The van der Waals surface area contributed by atoms with E-state index in [-0.39, 0.29) is 12.1 Å². The Balaban J connectivity index is 1.94. The molecule has 26 heavy (non-hydrogen) atoms. The molecule has 0 fully saturated rings. The van der Waals surface area contributed by atoms with E-state index in [4.69, 9.17) is 9.15 Å². The molecule has 6 nitrogen and oxygen atoms in total. The quantitative estimate of drug-likeness (QED) is 0.631. The maximum atomic E-state index is 12.8. The van der Waals surface area contributed by atoms with Crippen LogP contribution in [0.2, 0.25) is 0 Å². The van der Waals surface area contributed by atoms with Crippen LogP contribution in [0.15, 0.2) is 56.8 Å². The van der Waals surface area contributed by atoms with Crippen molar-refractivity contribution < 1.29 is 13.9 Å². The van der Waals surface area contributed by atoms with Gasteiger partial charge in [0, 0.05) is 10.2 Å². The van der Waals surface area contributed by atoms with Crippen LogP contribution in [0.25, 0.3) is 11.0 Å². The fourth-order valence-corrected chi connectivity index (χ4v) is 3.60. The number of nitrogens with zero attached hydrogens (tertiary/aromatic N) is 2. The minimum absolute atomic E-state index is 0.211. The first-order chi connectivity index (χ1) is 12.5. The summed E-state index contributed by atoms with van der Waals surface area (Å²) in [4.78, 5) is 17.5. The van der Waals surface area contributed by atoms with Gasteiger partial charge in [-0.05, 0) is 51.1 Å². The van der Waals surface area contributed by atoms with Crippen molar-refractivity contribution in [1.82, 2.24) is 9.55 Å². The van der Waals surface area contributed by atoms with Gasteiger partial charge in [-0.2, -0.15) is 0 Å². The largest absolute Gasteiger partial charge is 0.467 e. The number of allylic oxidation sites excluding steroid dienone is 1. The maximum absolute atomic E-state index is 12.8. The normalized spacial score (nSPS) is 16.7. The van der Waals surface area contributed by atoms with E-state index >= 15 is 0 Å². The number of carbonyl (C=O) groups is 1. The van der Waals surface area contributed by atoms with Crippen molar-refractivity contribution in [2.75, 3.05) is 5.32 Å². The fraction of sp³-hybridized carbons (Fsp3) is 0.263. The third-order valence-corrected chi connectivity index (χ3v) is 4.76. The molecule has 7 heteroatoms. The van der Waals surface area contributed by atoms with E-state index in [9.17, 15) is 4.79 Å². The molecule has 1 aliphatic heterocycles. The summed E-state index contributed by atoms with van der Waals surface area (Å²) in [7, 11) is 0. The van der Waals surface area contributed by atoms with Crippen molar-refractivity contribution in [2.45, 2.75) is 32.9 Å². The molecule has 1 aliphatic rings. The number of rotatable bonds is 3. The highest BCUT2D eigenvalue weighted by molar-refractivity contribution is 9.10. The number of benzene rings is 1. The second-order valence-corrected chi connectivity index (χ2v) is 7.39. The van der Waals surface area contributed by atoms with Crippen molar-refractivity contribution in [1.29, 1.82) is 0 Å². The van der Waals surface area contributed by atoms with Crippen LogP contribution in [-0.4, -0.2) is 21.6 Å². The summed E-state index contributed by atoms with van der Waals surface area (Å²) in [6, 6.07) is 9.10.